The van der Waals surface area contributed by atoms with Crippen LogP contribution < -0.4 is 15.8 Å². The first kappa shape index (κ1) is 15.0. The minimum Gasteiger partial charge on any atom is -0.495 e. The van der Waals surface area contributed by atoms with E-state index >= 15 is 0 Å². The molecule has 0 saturated heterocycles. The topological polar surface area (TPSA) is 116 Å². The first-order valence-electron chi connectivity index (χ1n) is 5.81. The van der Waals surface area contributed by atoms with Gasteiger partial charge in [-0.1, -0.05) is 0 Å². The van der Waals surface area contributed by atoms with E-state index in [0.717, 1.165) is 4.47 Å². The Kier molecular flexibility index (Phi) is 4.22. The van der Waals surface area contributed by atoms with Crippen molar-refractivity contribution < 1.29 is 9.66 Å². The van der Waals surface area contributed by atoms with Gasteiger partial charge in [0.1, 0.15) is 11.4 Å². The molecule has 0 spiro atoms. The van der Waals surface area contributed by atoms with Crippen molar-refractivity contribution in [2.75, 3.05) is 18.2 Å². The molecular weight excluding hydrogens is 342 g/mol. The van der Waals surface area contributed by atoms with E-state index in [0.29, 0.717) is 11.4 Å². The van der Waals surface area contributed by atoms with Gasteiger partial charge in [0, 0.05) is 11.8 Å². The summed E-state index contributed by atoms with van der Waals surface area (Å²) >= 11 is 3.33. The van der Waals surface area contributed by atoms with E-state index in [4.69, 9.17) is 10.5 Å². The summed E-state index contributed by atoms with van der Waals surface area (Å²) in [6.45, 7) is 1.50. The lowest BCUT2D eigenvalue weighted by Gasteiger charge is -2.10. The van der Waals surface area contributed by atoms with E-state index in [1.807, 2.05) is 0 Å². The number of anilines is 3. The highest BCUT2D eigenvalue weighted by Gasteiger charge is 2.21. The fraction of sp³-hybridized carbons (Fsp3) is 0.167. The average molecular weight is 354 g/mol. The predicted molar refractivity (Wildman–Crippen MR) is 81.8 cm³/mol. The molecule has 0 fully saturated rings. The highest BCUT2D eigenvalue weighted by atomic mass is 79.9. The van der Waals surface area contributed by atoms with Gasteiger partial charge >= 0.3 is 5.69 Å². The molecule has 0 aliphatic rings. The number of aryl methyl sites for hydroxylation is 1. The van der Waals surface area contributed by atoms with Crippen molar-refractivity contribution in [3.8, 4) is 5.75 Å². The molecule has 1 aromatic heterocycles. The largest absolute Gasteiger partial charge is 0.495 e. The van der Waals surface area contributed by atoms with E-state index in [2.05, 4.69) is 31.2 Å². The Hall–Kier alpha value is -2.42. The zero-order chi connectivity index (χ0) is 15.6. The molecule has 0 saturated carbocycles. The molecule has 8 nitrogen and oxygen atoms in total. The number of nitrogens with zero attached hydrogens (tertiary/aromatic N) is 3. The van der Waals surface area contributed by atoms with Crippen LogP contribution in [0.5, 0.6) is 5.75 Å². The van der Waals surface area contributed by atoms with Crippen LogP contribution >= 0.6 is 15.9 Å². The fourth-order valence-corrected chi connectivity index (χ4v) is 2.18. The number of nitrogens with one attached hydrogen (secondary N) is 1. The minimum atomic E-state index is -0.548. The third kappa shape index (κ3) is 3.19. The summed E-state index contributed by atoms with van der Waals surface area (Å²) < 4.78 is 5.94. The summed E-state index contributed by atoms with van der Waals surface area (Å²) in [7, 11) is 1.53. The molecule has 0 aliphatic carbocycles. The number of methoxy groups -OCH3 is 1. The molecule has 0 aliphatic heterocycles. The van der Waals surface area contributed by atoms with Crippen molar-refractivity contribution in [3.63, 3.8) is 0 Å². The monoisotopic (exact) mass is 353 g/mol. The highest BCUT2D eigenvalue weighted by molar-refractivity contribution is 9.10. The number of aromatic nitrogens is 2. The molecule has 0 radical (unpaired) electrons. The molecule has 1 heterocycles. The van der Waals surface area contributed by atoms with Crippen molar-refractivity contribution in [1.29, 1.82) is 0 Å². The molecule has 2 aromatic rings. The second-order valence-corrected chi connectivity index (χ2v) is 4.95. The maximum Gasteiger partial charge on any atom is 0.332 e. The Balaban J connectivity index is 2.46. The Morgan fingerprint density at radius 1 is 1.43 bits per heavy atom. The SMILES string of the molecule is COc1cc(Nc2nc(N)nc(C)c2[N+](=O)[O-])ccc1Br. The van der Waals surface area contributed by atoms with E-state index in [-0.39, 0.29) is 23.1 Å². The molecule has 110 valence electrons. The summed E-state index contributed by atoms with van der Waals surface area (Å²) in [5.41, 5.74) is 6.10. The first-order valence-corrected chi connectivity index (χ1v) is 6.60. The quantitative estimate of drug-likeness (QED) is 0.640. The zero-order valence-electron chi connectivity index (χ0n) is 11.3. The van der Waals surface area contributed by atoms with Crippen LogP contribution in [0.25, 0.3) is 0 Å². The molecular formula is C12H12BrN5O3. The van der Waals surface area contributed by atoms with Gasteiger partial charge in [0.05, 0.1) is 16.5 Å². The Morgan fingerprint density at radius 2 is 2.14 bits per heavy atom. The molecule has 0 unspecified atom stereocenters. The van der Waals surface area contributed by atoms with Gasteiger partial charge in [-0.15, -0.1) is 0 Å². The van der Waals surface area contributed by atoms with Crippen molar-refractivity contribution in [1.82, 2.24) is 9.97 Å². The van der Waals surface area contributed by atoms with Crippen LogP contribution in [-0.2, 0) is 0 Å². The van der Waals surface area contributed by atoms with Crippen molar-refractivity contribution in [2.24, 2.45) is 0 Å². The lowest BCUT2D eigenvalue weighted by molar-refractivity contribution is -0.385. The van der Waals surface area contributed by atoms with Crippen molar-refractivity contribution in [2.45, 2.75) is 6.92 Å². The maximum absolute atomic E-state index is 11.1. The molecule has 9 heteroatoms. The molecule has 0 atom stereocenters. The summed E-state index contributed by atoms with van der Waals surface area (Å²) in [6.07, 6.45) is 0. The van der Waals surface area contributed by atoms with Crippen LogP contribution in [0.15, 0.2) is 22.7 Å². The maximum atomic E-state index is 11.1. The second kappa shape index (κ2) is 5.92. The van der Waals surface area contributed by atoms with Crippen molar-refractivity contribution >= 4 is 39.1 Å². The van der Waals surface area contributed by atoms with E-state index in [9.17, 15) is 10.1 Å². The number of nitrogens with two attached hydrogens (primary N) is 1. The number of nitro groups is 1. The minimum absolute atomic E-state index is 0.0365. The fourth-order valence-electron chi connectivity index (χ4n) is 1.77. The summed E-state index contributed by atoms with van der Waals surface area (Å²) in [5.74, 6) is 0.584. The number of halogens is 1. The molecule has 0 bridgehead atoms. The zero-order valence-corrected chi connectivity index (χ0v) is 12.8. The van der Waals surface area contributed by atoms with Gasteiger partial charge in [-0.25, -0.2) is 4.98 Å². The summed E-state index contributed by atoms with van der Waals surface area (Å²) in [5, 5.41) is 14.0. The predicted octanol–water partition coefficient (Wildman–Crippen LogP) is 2.79. The number of benzene rings is 1. The van der Waals surface area contributed by atoms with Gasteiger partial charge in [0.25, 0.3) is 0 Å². The van der Waals surface area contributed by atoms with Gasteiger partial charge < -0.3 is 15.8 Å². The van der Waals surface area contributed by atoms with E-state index in [1.165, 1.54) is 14.0 Å². The summed E-state index contributed by atoms with van der Waals surface area (Å²) in [4.78, 5) is 18.3. The normalized spacial score (nSPS) is 10.2. The van der Waals surface area contributed by atoms with Gasteiger partial charge in [0.15, 0.2) is 0 Å². The third-order valence-corrected chi connectivity index (χ3v) is 3.33. The van der Waals surface area contributed by atoms with Crippen LogP contribution in [0.1, 0.15) is 5.69 Å². The van der Waals surface area contributed by atoms with E-state index < -0.39 is 4.92 Å². The molecule has 0 amide bonds. The Morgan fingerprint density at radius 3 is 2.76 bits per heavy atom. The van der Waals surface area contributed by atoms with Crippen LogP contribution in [0, 0.1) is 17.0 Å². The van der Waals surface area contributed by atoms with Gasteiger partial charge in [-0.3, -0.25) is 10.1 Å². The van der Waals surface area contributed by atoms with Crippen LogP contribution in [-0.4, -0.2) is 22.0 Å². The van der Waals surface area contributed by atoms with Crippen LogP contribution in [0.4, 0.5) is 23.1 Å². The van der Waals surface area contributed by atoms with Crippen LogP contribution in [0.3, 0.4) is 0 Å². The molecule has 3 N–H and O–H groups in total. The highest BCUT2D eigenvalue weighted by Crippen LogP contribution is 2.32. The number of hydrogen-bond donors (Lipinski definition) is 2. The Bertz CT molecular complexity index is 708. The van der Waals surface area contributed by atoms with Gasteiger partial charge in [-0.2, -0.15) is 4.98 Å². The standard InChI is InChI=1S/C12H12BrN5O3/c1-6-10(18(19)20)11(17-12(14)15-6)16-7-3-4-8(13)9(5-7)21-2/h3-5H,1-2H3,(H3,14,15,16,17). The van der Waals surface area contributed by atoms with Crippen molar-refractivity contribution in [3.05, 3.63) is 38.5 Å². The number of ether oxygens (including phenoxy) is 1. The second-order valence-electron chi connectivity index (χ2n) is 4.10. The average Bonchev–Trinajstić information content (AvgIpc) is 2.39. The molecule has 2 rings (SSSR count). The lowest BCUT2D eigenvalue weighted by Crippen LogP contribution is -2.07. The van der Waals surface area contributed by atoms with Crippen LogP contribution in [0.2, 0.25) is 0 Å². The Labute approximate surface area is 128 Å². The van der Waals surface area contributed by atoms with Gasteiger partial charge in [-0.05, 0) is 35.0 Å². The third-order valence-electron chi connectivity index (χ3n) is 2.67. The lowest BCUT2D eigenvalue weighted by atomic mass is 10.3. The number of rotatable bonds is 4. The summed E-state index contributed by atoms with van der Waals surface area (Å²) in [6, 6.07) is 5.16. The first-order chi connectivity index (χ1) is 9.92. The van der Waals surface area contributed by atoms with E-state index in [1.54, 1.807) is 18.2 Å². The molecule has 21 heavy (non-hydrogen) atoms. The number of hydrogen-bond acceptors (Lipinski definition) is 7. The number of nitrogen functional groups attached to an aromatic ring is 1. The van der Waals surface area contributed by atoms with Gasteiger partial charge in [0.2, 0.25) is 11.8 Å². The molecule has 1 aromatic carbocycles. The smallest absolute Gasteiger partial charge is 0.332 e.